The number of rotatable bonds is 2. The maximum Gasteiger partial charge on any atom is 0.416 e. The Bertz CT molecular complexity index is 408. The molecule has 1 heterocycles. The van der Waals surface area contributed by atoms with Gasteiger partial charge in [-0.25, -0.2) is 4.39 Å². The lowest BCUT2D eigenvalue weighted by molar-refractivity contribution is -0.138. The summed E-state index contributed by atoms with van der Waals surface area (Å²) in [6, 6.07) is 2.94. The molecular weight excluding hydrogens is 246 g/mol. The second-order valence-electron chi connectivity index (χ2n) is 4.72. The van der Waals surface area contributed by atoms with Crippen molar-refractivity contribution in [2.24, 2.45) is 5.92 Å². The molecule has 1 N–H and O–H groups in total. The van der Waals surface area contributed by atoms with Crippen molar-refractivity contribution in [1.82, 2.24) is 5.32 Å². The van der Waals surface area contributed by atoms with Crippen LogP contribution in [0.3, 0.4) is 0 Å². The van der Waals surface area contributed by atoms with Crippen LogP contribution in [0, 0.1) is 11.7 Å². The van der Waals surface area contributed by atoms with Crippen molar-refractivity contribution in [1.29, 1.82) is 0 Å². The second-order valence-corrected chi connectivity index (χ2v) is 4.72. The van der Waals surface area contributed by atoms with E-state index in [2.05, 4.69) is 5.32 Å². The minimum absolute atomic E-state index is 0.192. The van der Waals surface area contributed by atoms with Gasteiger partial charge in [0, 0.05) is 0 Å². The quantitative estimate of drug-likeness (QED) is 0.805. The number of nitrogens with one attached hydrogen (secondary N) is 1. The highest BCUT2D eigenvalue weighted by Gasteiger charge is 2.34. The lowest BCUT2D eigenvalue weighted by Crippen LogP contribution is -2.31. The van der Waals surface area contributed by atoms with Crippen LogP contribution in [0.1, 0.15) is 24.0 Å². The van der Waals surface area contributed by atoms with Crippen molar-refractivity contribution in [3.63, 3.8) is 0 Å². The molecule has 0 saturated carbocycles. The Hall–Kier alpha value is -1.10. The number of alkyl halides is 3. The Labute approximate surface area is 103 Å². The summed E-state index contributed by atoms with van der Waals surface area (Å²) in [7, 11) is 0. The molecule has 0 aromatic heterocycles. The molecule has 18 heavy (non-hydrogen) atoms. The third-order valence-corrected chi connectivity index (χ3v) is 3.28. The molecule has 100 valence electrons. The number of halogens is 4. The monoisotopic (exact) mass is 261 g/mol. The van der Waals surface area contributed by atoms with Gasteiger partial charge >= 0.3 is 6.18 Å². The van der Waals surface area contributed by atoms with Crippen LogP contribution >= 0.6 is 0 Å². The fraction of sp³-hybridized carbons (Fsp3) is 0.538. The van der Waals surface area contributed by atoms with Gasteiger partial charge in [0.25, 0.3) is 0 Å². The van der Waals surface area contributed by atoms with Crippen molar-refractivity contribution in [3.05, 3.63) is 35.1 Å². The molecule has 5 heteroatoms. The van der Waals surface area contributed by atoms with Gasteiger partial charge in [-0.1, -0.05) is 6.07 Å². The van der Waals surface area contributed by atoms with Gasteiger partial charge < -0.3 is 5.32 Å². The Kier molecular flexibility index (Phi) is 3.90. The predicted molar refractivity (Wildman–Crippen MR) is 60.7 cm³/mol. The average molecular weight is 261 g/mol. The van der Waals surface area contributed by atoms with Crippen molar-refractivity contribution < 1.29 is 17.6 Å². The molecule has 1 nitrogen and oxygen atoms in total. The minimum atomic E-state index is -4.49. The molecule has 1 aliphatic rings. The number of piperidine rings is 1. The molecule has 1 aromatic rings. The highest BCUT2D eigenvalue weighted by Crippen LogP contribution is 2.34. The molecule has 1 atom stereocenters. The van der Waals surface area contributed by atoms with Gasteiger partial charge in [-0.2, -0.15) is 13.2 Å². The van der Waals surface area contributed by atoms with Gasteiger partial charge in [0.15, 0.2) is 0 Å². The van der Waals surface area contributed by atoms with E-state index in [1.165, 1.54) is 6.07 Å². The SMILES string of the molecule is Fc1ccc(CC2CCCNC2)c(C(F)(F)F)c1. The number of hydrogen-bond donors (Lipinski definition) is 1. The van der Waals surface area contributed by atoms with Gasteiger partial charge in [-0.3, -0.25) is 0 Å². The Morgan fingerprint density at radius 1 is 1.28 bits per heavy atom. The smallest absolute Gasteiger partial charge is 0.316 e. The number of benzene rings is 1. The molecule has 0 amide bonds. The van der Waals surface area contributed by atoms with Gasteiger partial charge in [0.2, 0.25) is 0 Å². The van der Waals surface area contributed by atoms with E-state index in [1.807, 2.05) is 0 Å². The summed E-state index contributed by atoms with van der Waals surface area (Å²) in [5.41, 5.74) is -0.648. The zero-order valence-electron chi connectivity index (χ0n) is 9.86. The first-order valence-corrected chi connectivity index (χ1v) is 6.03. The molecular formula is C13H15F4N. The molecule has 1 aromatic carbocycles. The van der Waals surface area contributed by atoms with Crippen molar-refractivity contribution in [3.8, 4) is 0 Å². The van der Waals surface area contributed by atoms with Crippen LogP contribution in [0.5, 0.6) is 0 Å². The van der Waals surface area contributed by atoms with Crippen LogP contribution in [-0.2, 0) is 12.6 Å². The summed E-state index contributed by atoms with van der Waals surface area (Å²) >= 11 is 0. The largest absolute Gasteiger partial charge is 0.416 e. The Balaban J connectivity index is 2.21. The lowest BCUT2D eigenvalue weighted by atomic mass is 9.90. The molecule has 1 fully saturated rings. The van der Waals surface area contributed by atoms with E-state index in [-0.39, 0.29) is 11.5 Å². The normalized spacial score (nSPS) is 21.0. The molecule has 0 spiro atoms. The third kappa shape index (κ3) is 3.22. The summed E-state index contributed by atoms with van der Waals surface area (Å²) in [4.78, 5) is 0. The summed E-state index contributed by atoms with van der Waals surface area (Å²) in [6.07, 6.45) is -2.24. The van der Waals surface area contributed by atoms with Crippen LogP contribution in [0.2, 0.25) is 0 Å². The van der Waals surface area contributed by atoms with Crippen molar-refractivity contribution in [2.45, 2.75) is 25.4 Å². The van der Waals surface area contributed by atoms with Crippen molar-refractivity contribution >= 4 is 0 Å². The first-order valence-electron chi connectivity index (χ1n) is 6.03. The highest BCUT2D eigenvalue weighted by atomic mass is 19.4. The first-order chi connectivity index (χ1) is 8.47. The van der Waals surface area contributed by atoms with E-state index in [9.17, 15) is 17.6 Å². The third-order valence-electron chi connectivity index (χ3n) is 3.28. The van der Waals surface area contributed by atoms with Crippen LogP contribution in [0.25, 0.3) is 0 Å². The zero-order valence-corrected chi connectivity index (χ0v) is 9.86. The minimum Gasteiger partial charge on any atom is -0.316 e. The van der Waals surface area contributed by atoms with Gasteiger partial charge in [-0.15, -0.1) is 0 Å². The van der Waals surface area contributed by atoms with E-state index < -0.39 is 17.6 Å². The van der Waals surface area contributed by atoms with E-state index in [0.29, 0.717) is 12.5 Å². The number of hydrogen-bond acceptors (Lipinski definition) is 1. The fourth-order valence-electron chi connectivity index (χ4n) is 2.40. The molecule has 1 unspecified atom stereocenters. The topological polar surface area (TPSA) is 12.0 Å². The molecule has 0 aliphatic carbocycles. The van der Waals surface area contributed by atoms with Crippen LogP contribution in [-0.4, -0.2) is 13.1 Å². The predicted octanol–water partition coefficient (Wildman–Crippen LogP) is 3.39. The maximum absolute atomic E-state index is 12.9. The van der Waals surface area contributed by atoms with E-state index in [4.69, 9.17) is 0 Å². The molecule has 1 saturated heterocycles. The summed E-state index contributed by atoms with van der Waals surface area (Å²) in [6.45, 7) is 1.65. The highest BCUT2D eigenvalue weighted by molar-refractivity contribution is 5.31. The van der Waals surface area contributed by atoms with Crippen molar-refractivity contribution in [2.75, 3.05) is 13.1 Å². The molecule has 1 aliphatic heterocycles. The Morgan fingerprint density at radius 3 is 2.67 bits per heavy atom. The van der Waals surface area contributed by atoms with E-state index >= 15 is 0 Å². The molecule has 2 rings (SSSR count). The van der Waals surface area contributed by atoms with Crippen LogP contribution < -0.4 is 5.32 Å². The van der Waals surface area contributed by atoms with E-state index in [1.54, 1.807) is 0 Å². The first kappa shape index (κ1) is 13.3. The fourth-order valence-corrected chi connectivity index (χ4v) is 2.40. The summed E-state index contributed by atoms with van der Waals surface area (Å²) in [5, 5.41) is 3.17. The van der Waals surface area contributed by atoms with Gasteiger partial charge in [-0.05, 0) is 56.0 Å². The Morgan fingerprint density at radius 2 is 2.06 bits per heavy atom. The van der Waals surface area contributed by atoms with Gasteiger partial charge in [0.05, 0.1) is 5.56 Å². The van der Waals surface area contributed by atoms with Crippen LogP contribution in [0.15, 0.2) is 18.2 Å². The maximum atomic E-state index is 12.9. The van der Waals surface area contributed by atoms with Gasteiger partial charge in [0.1, 0.15) is 5.82 Å². The standard InChI is InChI=1S/C13H15F4N/c14-11-4-3-10(12(7-11)13(15,16)17)6-9-2-1-5-18-8-9/h3-4,7,9,18H,1-2,5-6,8H2. The van der Waals surface area contributed by atoms with E-state index in [0.717, 1.165) is 32.0 Å². The van der Waals surface area contributed by atoms with Crippen LogP contribution in [0.4, 0.5) is 17.6 Å². The lowest BCUT2D eigenvalue weighted by Gasteiger charge is -2.24. The summed E-state index contributed by atoms with van der Waals surface area (Å²) in [5.74, 6) is -0.641. The average Bonchev–Trinajstić information content (AvgIpc) is 2.31. The summed E-state index contributed by atoms with van der Waals surface area (Å²) < 4.78 is 51.3. The zero-order chi connectivity index (χ0) is 13.2. The molecule has 0 bridgehead atoms. The second kappa shape index (κ2) is 5.26. The molecule has 0 radical (unpaired) electrons.